The van der Waals surface area contributed by atoms with Crippen molar-refractivity contribution in [2.24, 2.45) is 0 Å². The monoisotopic (exact) mass is 445 g/mol. The zero-order valence-electron chi connectivity index (χ0n) is 19.1. The van der Waals surface area contributed by atoms with Gasteiger partial charge in [0.2, 0.25) is 0 Å². The maximum absolute atomic E-state index is 13.5. The standard InChI is InChI=1S/C29H32FNO2/c30-23-11-7-22(8-12-23)29-27-6-4-5-25(26(27)15-16-28(29)32)21-9-13-24(14-10-21)33-20-19-31-17-2-1-3-18-31/h7-16,25,32H,1-6,17-20H2/t25-/m0/s1. The summed E-state index contributed by atoms with van der Waals surface area (Å²) in [6, 6.07) is 18.8. The van der Waals surface area contributed by atoms with E-state index in [1.165, 1.54) is 61.2 Å². The number of phenolic OH excluding ortho intramolecular Hbond substituents is 1. The first-order valence-corrected chi connectivity index (χ1v) is 12.2. The Hall–Kier alpha value is -2.85. The molecular weight excluding hydrogens is 413 g/mol. The second kappa shape index (κ2) is 9.96. The number of halogens is 1. The molecule has 1 atom stereocenters. The molecule has 0 unspecified atom stereocenters. The van der Waals surface area contributed by atoms with Crippen molar-refractivity contribution in [3.8, 4) is 22.6 Å². The summed E-state index contributed by atoms with van der Waals surface area (Å²) < 4.78 is 19.5. The first-order valence-electron chi connectivity index (χ1n) is 12.2. The minimum Gasteiger partial charge on any atom is -0.507 e. The topological polar surface area (TPSA) is 32.7 Å². The highest BCUT2D eigenvalue weighted by atomic mass is 19.1. The molecule has 0 amide bonds. The van der Waals surface area contributed by atoms with Crippen LogP contribution < -0.4 is 4.74 Å². The van der Waals surface area contributed by atoms with Crippen LogP contribution in [0.5, 0.6) is 11.5 Å². The second-order valence-electron chi connectivity index (χ2n) is 9.30. The lowest BCUT2D eigenvalue weighted by Gasteiger charge is -2.29. The van der Waals surface area contributed by atoms with Crippen LogP contribution >= 0.6 is 0 Å². The van der Waals surface area contributed by atoms with E-state index in [1.54, 1.807) is 18.2 Å². The number of piperidine rings is 1. The minimum absolute atomic E-state index is 0.262. The highest BCUT2D eigenvalue weighted by Crippen LogP contribution is 2.44. The molecule has 1 heterocycles. The van der Waals surface area contributed by atoms with Crippen LogP contribution in [0.1, 0.15) is 54.7 Å². The number of rotatable bonds is 6. The molecule has 2 aliphatic rings. The van der Waals surface area contributed by atoms with E-state index in [0.717, 1.165) is 49.3 Å². The smallest absolute Gasteiger partial charge is 0.123 e. The molecule has 3 aromatic carbocycles. The Bertz CT molecular complexity index is 1070. The fourth-order valence-electron chi connectivity index (χ4n) is 5.44. The van der Waals surface area contributed by atoms with E-state index in [4.69, 9.17) is 4.74 Å². The van der Waals surface area contributed by atoms with Gasteiger partial charge in [0, 0.05) is 18.0 Å². The van der Waals surface area contributed by atoms with Crippen molar-refractivity contribution in [1.29, 1.82) is 0 Å². The van der Waals surface area contributed by atoms with Gasteiger partial charge in [0.25, 0.3) is 0 Å². The Morgan fingerprint density at radius 2 is 1.64 bits per heavy atom. The summed E-state index contributed by atoms with van der Waals surface area (Å²) in [5.74, 6) is 1.21. The number of fused-ring (bicyclic) bond motifs is 1. The molecule has 1 aliphatic carbocycles. The Labute approximate surface area is 195 Å². The van der Waals surface area contributed by atoms with E-state index in [1.807, 2.05) is 0 Å². The van der Waals surface area contributed by atoms with Gasteiger partial charge >= 0.3 is 0 Å². The summed E-state index contributed by atoms with van der Waals surface area (Å²) in [6.45, 7) is 4.11. The van der Waals surface area contributed by atoms with E-state index >= 15 is 0 Å². The summed E-state index contributed by atoms with van der Waals surface area (Å²) >= 11 is 0. The summed E-state index contributed by atoms with van der Waals surface area (Å²) in [5, 5.41) is 10.6. The second-order valence-corrected chi connectivity index (χ2v) is 9.30. The van der Waals surface area contributed by atoms with Gasteiger partial charge in [-0.3, -0.25) is 4.90 Å². The van der Waals surface area contributed by atoms with E-state index in [9.17, 15) is 9.50 Å². The van der Waals surface area contributed by atoms with Crippen molar-refractivity contribution < 1.29 is 14.2 Å². The Morgan fingerprint density at radius 1 is 0.879 bits per heavy atom. The van der Waals surface area contributed by atoms with Crippen LogP contribution in [0.2, 0.25) is 0 Å². The number of phenols is 1. The predicted molar refractivity (Wildman–Crippen MR) is 131 cm³/mol. The lowest BCUT2D eigenvalue weighted by Crippen LogP contribution is -2.33. The third kappa shape index (κ3) is 4.91. The lowest BCUT2D eigenvalue weighted by atomic mass is 9.76. The van der Waals surface area contributed by atoms with Gasteiger partial charge in [0.15, 0.2) is 0 Å². The van der Waals surface area contributed by atoms with Gasteiger partial charge in [-0.2, -0.15) is 0 Å². The van der Waals surface area contributed by atoms with Crippen molar-refractivity contribution in [2.75, 3.05) is 26.2 Å². The number of aromatic hydroxyl groups is 1. The van der Waals surface area contributed by atoms with Gasteiger partial charge in [-0.1, -0.05) is 36.8 Å². The third-order valence-corrected chi connectivity index (χ3v) is 7.16. The summed E-state index contributed by atoms with van der Waals surface area (Å²) in [7, 11) is 0. The molecule has 1 saturated heterocycles. The van der Waals surface area contributed by atoms with E-state index < -0.39 is 0 Å². The zero-order chi connectivity index (χ0) is 22.6. The molecule has 0 radical (unpaired) electrons. The molecule has 1 aliphatic heterocycles. The SMILES string of the molecule is Oc1ccc2c(c1-c1ccc(F)cc1)CCC[C@H]2c1ccc(OCCN2CCCCC2)cc1. The fraction of sp³-hybridized carbons (Fsp3) is 0.379. The van der Waals surface area contributed by atoms with E-state index in [2.05, 4.69) is 35.2 Å². The normalized spacial score (nSPS) is 18.6. The van der Waals surface area contributed by atoms with Crippen LogP contribution in [0.15, 0.2) is 60.7 Å². The average Bonchev–Trinajstić information content (AvgIpc) is 2.85. The Balaban J connectivity index is 1.33. The van der Waals surface area contributed by atoms with Crippen LogP contribution in [-0.2, 0) is 6.42 Å². The molecule has 1 fully saturated rings. The van der Waals surface area contributed by atoms with Gasteiger partial charge < -0.3 is 9.84 Å². The van der Waals surface area contributed by atoms with Crippen molar-refractivity contribution in [1.82, 2.24) is 4.90 Å². The van der Waals surface area contributed by atoms with Gasteiger partial charge in [0.05, 0.1) is 0 Å². The minimum atomic E-state index is -0.265. The van der Waals surface area contributed by atoms with Crippen LogP contribution in [0.4, 0.5) is 4.39 Å². The lowest BCUT2D eigenvalue weighted by molar-refractivity contribution is 0.183. The Kier molecular flexibility index (Phi) is 6.63. The number of hydrogen-bond donors (Lipinski definition) is 1. The van der Waals surface area contributed by atoms with Gasteiger partial charge in [-0.05, 0) is 97.8 Å². The number of benzene rings is 3. The van der Waals surface area contributed by atoms with Crippen molar-refractivity contribution in [3.63, 3.8) is 0 Å². The van der Waals surface area contributed by atoms with Crippen LogP contribution in [-0.4, -0.2) is 36.2 Å². The number of likely N-dealkylation sites (tertiary alicyclic amines) is 1. The molecule has 0 spiro atoms. The molecule has 3 aromatic rings. The third-order valence-electron chi connectivity index (χ3n) is 7.16. The van der Waals surface area contributed by atoms with Crippen molar-refractivity contribution in [3.05, 3.63) is 83.2 Å². The number of nitrogens with zero attached hydrogens (tertiary/aromatic N) is 1. The molecular formula is C29H32FNO2. The first-order chi connectivity index (χ1) is 16.2. The molecule has 3 nitrogen and oxygen atoms in total. The number of hydrogen-bond acceptors (Lipinski definition) is 3. The van der Waals surface area contributed by atoms with Gasteiger partial charge in [0.1, 0.15) is 23.9 Å². The molecule has 4 heteroatoms. The summed E-state index contributed by atoms with van der Waals surface area (Å²) in [5.41, 5.74) is 5.42. The zero-order valence-corrected chi connectivity index (χ0v) is 19.1. The average molecular weight is 446 g/mol. The summed E-state index contributed by atoms with van der Waals surface area (Å²) in [4.78, 5) is 2.49. The molecule has 0 bridgehead atoms. The predicted octanol–water partition coefficient (Wildman–Crippen LogP) is 6.53. The van der Waals surface area contributed by atoms with Crippen molar-refractivity contribution >= 4 is 0 Å². The first kappa shape index (κ1) is 22.0. The van der Waals surface area contributed by atoms with E-state index in [0.29, 0.717) is 0 Å². The molecule has 1 N–H and O–H groups in total. The molecule has 0 aromatic heterocycles. The molecule has 33 heavy (non-hydrogen) atoms. The van der Waals surface area contributed by atoms with Crippen LogP contribution in [0, 0.1) is 5.82 Å². The largest absolute Gasteiger partial charge is 0.507 e. The molecule has 0 saturated carbocycles. The number of ether oxygens (including phenoxy) is 1. The van der Waals surface area contributed by atoms with Crippen LogP contribution in [0.3, 0.4) is 0 Å². The highest BCUT2D eigenvalue weighted by molar-refractivity contribution is 5.76. The molecule has 5 rings (SSSR count). The van der Waals surface area contributed by atoms with Crippen molar-refractivity contribution in [2.45, 2.75) is 44.4 Å². The highest BCUT2D eigenvalue weighted by Gasteiger charge is 2.26. The van der Waals surface area contributed by atoms with Gasteiger partial charge in [-0.25, -0.2) is 4.39 Å². The fourth-order valence-corrected chi connectivity index (χ4v) is 5.44. The quantitative estimate of drug-likeness (QED) is 0.468. The van der Waals surface area contributed by atoms with Crippen LogP contribution in [0.25, 0.3) is 11.1 Å². The Morgan fingerprint density at radius 3 is 2.39 bits per heavy atom. The van der Waals surface area contributed by atoms with Gasteiger partial charge in [-0.15, -0.1) is 0 Å². The van der Waals surface area contributed by atoms with E-state index in [-0.39, 0.29) is 17.5 Å². The maximum atomic E-state index is 13.5. The molecule has 172 valence electrons. The maximum Gasteiger partial charge on any atom is 0.123 e. The summed E-state index contributed by atoms with van der Waals surface area (Å²) in [6.07, 6.45) is 7.02.